The lowest BCUT2D eigenvalue weighted by Gasteiger charge is -2.27. The van der Waals surface area contributed by atoms with Gasteiger partial charge in [-0.15, -0.1) is 0 Å². The maximum Gasteiger partial charge on any atom is 0.226 e. The summed E-state index contributed by atoms with van der Waals surface area (Å²) in [5.74, 6) is 1.42. The summed E-state index contributed by atoms with van der Waals surface area (Å²) in [6.07, 6.45) is 2.10. The molecule has 24 heavy (non-hydrogen) atoms. The number of hydrogen-bond acceptors (Lipinski definition) is 2. The van der Waals surface area contributed by atoms with Gasteiger partial charge in [0.1, 0.15) is 12.4 Å². The summed E-state index contributed by atoms with van der Waals surface area (Å²) in [6, 6.07) is 18.4. The van der Waals surface area contributed by atoms with Crippen molar-refractivity contribution >= 4 is 5.91 Å². The van der Waals surface area contributed by atoms with Crippen LogP contribution in [0.3, 0.4) is 0 Å². The molecule has 2 aromatic carbocycles. The normalized spacial score (nSPS) is 13.8. The highest BCUT2D eigenvalue weighted by Crippen LogP contribution is 2.32. The molecule has 0 spiro atoms. The lowest BCUT2D eigenvalue weighted by atomic mass is 10.1. The first-order chi connectivity index (χ1) is 11.6. The summed E-state index contributed by atoms with van der Waals surface area (Å²) in [5.41, 5.74) is 2.30. The third kappa shape index (κ3) is 4.38. The van der Waals surface area contributed by atoms with Crippen LogP contribution in [0.15, 0.2) is 54.6 Å². The number of hydrogen-bond donors (Lipinski definition) is 0. The second-order valence-corrected chi connectivity index (χ2v) is 6.75. The van der Waals surface area contributed by atoms with Crippen LogP contribution in [0.25, 0.3) is 0 Å². The van der Waals surface area contributed by atoms with E-state index in [1.807, 2.05) is 35.2 Å². The van der Waals surface area contributed by atoms with Gasteiger partial charge in [-0.2, -0.15) is 0 Å². The Morgan fingerprint density at radius 2 is 1.71 bits per heavy atom. The number of amides is 1. The zero-order valence-electron chi connectivity index (χ0n) is 14.4. The van der Waals surface area contributed by atoms with Gasteiger partial charge in [-0.25, -0.2) is 0 Å². The fourth-order valence-corrected chi connectivity index (χ4v) is 2.71. The summed E-state index contributed by atoms with van der Waals surface area (Å²) >= 11 is 0. The number of nitrogens with zero attached hydrogens (tertiary/aromatic N) is 1. The molecule has 1 aliphatic carbocycles. The zero-order valence-corrected chi connectivity index (χ0v) is 14.4. The van der Waals surface area contributed by atoms with Crippen molar-refractivity contribution in [1.82, 2.24) is 4.90 Å². The van der Waals surface area contributed by atoms with Gasteiger partial charge in [0.05, 0.1) is 0 Å². The summed E-state index contributed by atoms with van der Waals surface area (Å²) in [7, 11) is 0. The number of rotatable bonds is 7. The fraction of sp³-hybridized carbons (Fsp3) is 0.381. The van der Waals surface area contributed by atoms with E-state index in [0.29, 0.717) is 19.1 Å². The van der Waals surface area contributed by atoms with Crippen molar-refractivity contribution < 1.29 is 9.53 Å². The average Bonchev–Trinajstić information content (AvgIpc) is 3.44. The van der Waals surface area contributed by atoms with E-state index in [1.165, 1.54) is 0 Å². The Kier molecular flexibility index (Phi) is 5.19. The Bertz CT molecular complexity index is 660. The summed E-state index contributed by atoms with van der Waals surface area (Å²) in [4.78, 5) is 14.4. The van der Waals surface area contributed by atoms with Crippen LogP contribution >= 0.6 is 0 Å². The molecule has 126 valence electrons. The quantitative estimate of drug-likeness (QED) is 0.755. The molecular weight excluding hydrogens is 298 g/mol. The zero-order chi connectivity index (χ0) is 16.9. The summed E-state index contributed by atoms with van der Waals surface area (Å²) in [6.45, 7) is 5.40. The Hall–Kier alpha value is -2.29. The molecule has 1 fully saturated rings. The maximum absolute atomic E-state index is 12.4. The van der Waals surface area contributed by atoms with E-state index in [9.17, 15) is 4.79 Å². The van der Waals surface area contributed by atoms with Crippen molar-refractivity contribution in [2.24, 2.45) is 5.92 Å². The van der Waals surface area contributed by atoms with Crippen molar-refractivity contribution in [3.63, 3.8) is 0 Å². The fourth-order valence-electron chi connectivity index (χ4n) is 2.71. The van der Waals surface area contributed by atoms with Crippen molar-refractivity contribution in [3.05, 3.63) is 65.7 Å². The molecule has 3 nitrogen and oxygen atoms in total. The molecule has 0 saturated heterocycles. The topological polar surface area (TPSA) is 29.5 Å². The van der Waals surface area contributed by atoms with E-state index in [0.717, 1.165) is 29.7 Å². The van der Waals surface area contributed by atoms with Crippen LogP contribution in [-0.2, 0) is 17.9 Å². The van der Waals surface area contributed by atoms with E-state index in [1.54, 1.807) is 0 Å². The van der Waals surface area contributed by atoms with Crippen molar-refractivity contribution in [1.29, 1.82) is 0 Å². The summed E-state index contributed by atoms with van der Waals surface area (Å²) in [5, 5.41) is 0. The van der Waals surface area contributed by atoms with Crippen LogP contribution in [0.5, 0.6) is 5.75 Å². The van der Waals surface area contributed by atoms with Gasteiger partial charge in [0.15, 0.2) is 0 Å². The second kappa shape index (κ2) is 7.52. The molecule has 0 radical (unpaired) electrons. The van der Waals surface area contributed by atoms with Gasteiger partial charge in [-0.1, -0.05) is 42.5 Å². The lowest BCUT2D eigenvalue weighted by Crippen LogP contribution is -2.37. The predicted octanol–water partition coefficient (Wildman–Crippen LogP) is 4.41. The first-order valence-electron chi connectivity index (χ1n) is 8.69. The lowest BCUT2D eigenvalue weighted by molar-refractivity contribution is -0.134. The molecule has 0 unspecified atom stereocenters. The Morgan fingerprint density at radius 1 is 1.04 bits per heavy atom. The molecule has 0 N–H and O–H groups in total. The monoisotopic (exact) mass is 323 g/mol. The van der Waals surface area contributed by atoms with Crippen molar-refractivity contribution in [2.45, 2.75) is 45.9 Å². The van der Waals surface area contributed by atoms with Gasteiger partial charge in [0, 0.05) is 18.5 Å². The van der Waals surface area contributed by atoms with Gasteiger partial charge < -0.3 is 9.64 Å². The van der Waals surface area contributed by atoms with Crippen LogP contribution < -0.4 is 4.74 Å². The molecule has 1 saturated carbocycles. The van der Waals surface area contributed by atoms with Crippen molar-refractivity contribution in [3.8, 4) is 5.75 Å². The minimum Gasteiger partial charge on any atom is -0.489 e. The number of benzene rings is 2. The molecule has 0 aliphatic heterocycles. The van der Waals surface area contributed by atoms with E-state index in [2.05, 4.69) is 38.1 Å². The smallest absolute Gasteiger partial charge is 0.226 e. The average molecular weight is 323 g/mol. The molecule has 0 atom stereocenters. The third-order valence-corrected chi connectivity index (χ3v) is 4.36. The molecule has 0 aromatic heterocycles. The standard InChI is InChI=1S/C21H25NO2/c1-16(2)22(21(23)19-10-11-19)14-17-8-12-20(13-9-17)24-15-18-6-4-3-5-7-18/h3-9,12-13,16,19H,10-11,14-15H2,1-2H3. The minimum atomic E-state index is 0.229. The van der Waals surface area contributed by atoms with Crippen LogP contribution in [0.4, 0.5) is 0 Å². The van der Waals surface area contributed by atoms with Crippen LogP contribution in [0, 0.1) is 5.92 Å². The molecule has 3 rings (SSSR count). The van der Waals surface area contributed by atoms with Gasteiger partial charge in [0.25, 0.3) is 0 Å². The van der Waals surface area contributed by atoms with E-state index in [-0.39, 0.29) is 12.0 Å². The van der Waals surface area contributed by atoms with Gasteiger partial charge in [-0.3, -0.25) is 4.79 Å². The van der Waals surface area contributed by atoms with E-state index < -0.39 is 0 Å². The van der Waals surface area contributed by atoms with E-state index >= 15 is 0 Å². The highest BCUT2D eigenvalue weighted by Gasteiger charge is 2.34. The third-order valence-electron chi connectivity index (χ3n) is 4.36. The molecule has 0 bridgehead atoms. The minimum absolute atomic E-state index is 0.229. The number of carbonyl (C=O) groups excluding carboxylic acids is 1. The van der Waals surface area contributed by atoms with Crippen LogP contribution in [0.1, 0.15) is 37.8 Å². The number of carbonyl (C=O) groups is 1. The Labute approximate surface area is 144 Å². The maximum atomic E-state index is 12.4. The highest BCUT2D eigenvalue weighted by atomic mass is 16.5. The number of ether oxygens (including phenoxy) is 1. The highest BCUT2D eigenvalue weighted by molar-refractivity contribution is 5.81. The summed E-state index contributed by atoms with van der Waals surface area (Å²) < 4.78 is 5.81. The molecule has 3 heteroatoms. The molecule has 0 heterocycles. The Morgan fingerprint density at radius 3 is 2.29 bits per heavy atom. The predicted molar refractivity (Wildman–Crippen MR) is 95.6 cm³/mol. The van der Waals surface area contributed by atoms with Crippen LogP contribution in [0.2, 0.25) is 0 Å². The second-order valence-electron chi connectivity index (χ2n) is 6.75. The Balaban J connectivity index is 1.58. The first-order valence-corrected chi connectivity index (χ1v) is 8.69. The van der Waals surface area contributed by atoms with Gasteiger partial charge in [-0.05, 0) is 49.9 Å². The van der Waals surface area contributed by atoms with Gasteiger partial charge in [0.2, 0.25) is 5.91 Å². The molecular formula is C21H25NO2. The SMILES string of the molecule is CC(C)N(Cc1ccc(OCc2ccccc2)cc1)C(=O)C1CC1. The molecule has 1 amide bonds. The van der Waals surface area contributed by atoms with Crippen LogP contribution in [-0.4, -0.2) is 16.8 Å². The van der Waals surface area contributed by atoms with E-state index in [4.69, 9.17) is 4.74 Å². The van der Waals surface area contributed by atoms with Crippen molar-refractivity contribution in [2.75, 3.05) is 0 Å². The molecule has 1 aliphatic rings. The first kappa shape index (κ1) is 16.6. The van der Waals surface area contributed by atoms with Gasteiger partial charge >= 0.3 is 0 Å². The molecule has 2 aromatic rings. The largest absolute Gasteiger partial charge is 0.489 e.